The molecule has 0 atom stereocenters. The molecule has 0 unspecified atom stereocenters. The molecule has 0 aliphatic rings. The van der Waals surface area contributed by atoms with Crippen molar-refractivity contribution in [2.45, 2.75) is 16.7 Å². The van der Waals surface area contributed by atoms with Gasteiger partial charge in [0, 0.05) is 31.3 Å². The van der Waals surface area contributed by atoms with Crippen LogP contribution in [0.5, 0.6) is 0 Å². The summed E-state index contributed by atoms with van der Waals surface area (Å²) in [5.74, 6) is -0.928. The molecule has 2 heterocycles. The third kappa shape index (κ3) is 3.00. The number of rotatable bonds is 4. The van der Waals surface area contributed by atoms with E-state index in [1.54, 1.807) is 30.0 Å². The van der Waals surface area contributed by atoms with Crippen molar-refractivity contribution < 1.29 is 9.90 Å². The summed E-state index contributed by atoms with van der Waals surface area (Å²) in [7, 11) is 0. The molecule has 0 bridgehead atoms. The van der Waals surface area contributed by atoms with E-state index in [1.807, 2.05) is 35.8 Å². The van der Waals surface area contributed by atoms with Gasteiger partial charge in [-0.25, -0.2) is 4.79 Å². The minimum absolute atomic E-state index is 0.279. The Kier molecular flexibility index (Phi) is 4.48. The lowest BCUT2D eigenvalue weighted by Gasteiger charge is -2.06. The van der Waals surface area contributed by atoms with Crippen LogP contribution in [0.25, 0.3) is 16.6 Å². The largest absolute Gasteiger partial charge is 0.478 e. The standard InChI is InChI=1S/C19H13ClN2O2S2/c1-11-18(26-15-4-2-3-12(7-15)19(23)24)16-6-5-13(20)8-17(16)22(11)14-9-21-25-10-14/h2-10H,1H3,(H,23,24). The lowest BCUT2D eigenvalue weighted by Crippen LogP contribution is -1.95. The fourth-order valence-corrected chi connectivity index (χ4v) is 4.70. The maximum absolute atomic E-state index is 11.2. The summed E-state index contributed by atoms with van der Waals surface area (Å²) in [5, 5.41) is 13.0. The normalized spacial score (nSPS) is 11.2. The first kappa shape index (κ1) is 17.1. The molecule has 26 heavy (non-hydrogen) atoms. The minimum Gasteiger partial charge on any atom is -0.478 e. The molecule has 0 fully saturated rings. The first-order valence-corrected chi connectivity index (χ1v) is 9.79. The molecule has 0 saturated carbocycles. The monoisotopic (exact) mass is 400 g/mol. The van der Waals surface area contributed by atoms with Crippen LogP contribution in [0.15, 0.2) is 63.8 Å². The van der Waals surface area contributed by atoms with Crippen molar-refractivity contribution in [3.63, 3.8) is 0 Å². The van der Waals surface area contributed by atoms with Crippen molar-refractivity contribution in [2.24, 2.45) is 0 Å². The number of hydrogen-bond donors (Lipinski definition) is 1. The maximum Gasteiger partial charge on any atom is 0.335 e. The Morgan fingerprint density at radius 3 is 2.85 bits per heavy atom. The number of fused-ring (bicyclic) bond motifs is 1. The molecule has 1 N–H and O–H groups in total. The molecule has 0 aliphatic heterocycles. The van der Waals surface area contributed by atoms with Gasteiger partial charge in [0.1, 0.15) is 0 Å². The van der Waals surface area contributed by atoms with Crippen molar-refractivity contribution >= 4 is 51.8 Å². The van der Waals surface area contributed by atoms with Crippen LogP contribution in [0.4, 0.5) is 0 Å². The molecule has 7 heteroatoms. The maximum atomic E-state index is 11.2. The van der Waals surface area contributed by atoms with Crippen molar-refractivity contribution in [2.75, 3.05) is 0 Å². The van der Waals surface area contributed by atoms with E-state index in [-0.39, 0.29) is 5.56 Å². The molecule has 4 nitrogen and oxygen atoms in total. The predicted octanol–water partition coefficient (Wildman–Crippen LogP) is 5.90. The molecule has 4 aromatic rings. The zero-order valence-corrected chi connectivity index (χ0v) is 16.0. The fourth-order valence-electron chi connectivity index (χ4n) is 2.94. The third-order valence-electron chi connectivity index (χ3n) is 4.09. The second-order valence-corrected chi connectivity index (χ2v) is 7.91. The molecule has 2 aromatic carbocycles. The van der Waals surface area contributed by atoms with Crippen LogP contribution in [0.1, 0.15) is 16.1 Å². The Morgan fingerprint density at radius 2 is 2.12 bits per heavy atom. The molecular formula is C19H13ClN2O2S2. The second-order valence-electron chi connectivity index (χ2n) is 5.73. The van der Waals surface area contributed by atoms with Gasteiger partial charge in [-0.05, 0) is 48.8 Å². The Hall–Kier alpha value is -2.28. The Labute approximate surface area is 163 Å². The number of aromatic nitrogens is 2. The van der Waals surface area contributed by atoms with Gasteiger partial charge >= 0.3 is 5.97 Å². The molecule has 130 valence electrons. The SMILES string of the molecule is Cc1c(Sc2cccc(C(=O)O)c2)c2ccc(Cl)cc2n1-c1cnsc1. The average Bonchev–Trinajstić information content (AvgIpc) is 3.22. The number of carbonyl (C=O) groups is 1. The highest BCUT2D eigenvalue weighted by Crippen LogP contribution is 2.40. The summed E-state index contributed by atoms with van der Waals surface area (Å²) >= 11 is 9.18. The zero-order valence-electron chi connectivity index (χ0n) is 13.6. The fraction of sp³-hybridized carbons (Fsp3) is 0.0526. The van der Waals surface area contributed by atoms with Gasteiger partial charge in [-0.2, -0.15) is 4.37 Å². The number of nitrogens with zero attached hydrogens (tertiary/aromatic N) is 2. The Morgan fingerprint density at radius 1 is 1.27 bits per heavy atom. The van der Waals surface area contributed by atoms with E-state index in [0.29, 0.717) is 5.02 Å². The first-order valence-electron chi connectivity index (χ1n) is 7.76. The summed E-state index contributed by atoms with van der Waals surface area (Å²) in [4.78, 5) is 13.2. The quantitative estimate of drug-likeness (QED) is 0.463. The molecule has 0 spiro atoms. The third-order valence-corrected chi connectivity index (χ3v) is 6.11. The van der Waals surface area contributed by atoms with E-state index < -0.39 is 5.97 Å². The van der Waals surface area contributed by atoms with Crippen molar-refractivity contribution in [1.29, 1.82) is 0 Å². The number of halogens is 1. The lowest BCUT2D eigenvalue weighted by molar-refractivity contribution is 0.0696. The summed E-state index contributed by atoms with van der Waals surface area (Å²) in [6, 6.07) is 12.8. The number of carboxylic acid groups (broad SMARTS) is 1. The van der Waals surface area contributed by atoms with Crippen molar-refractivity contribution in [3.8, 4) is 5.69 Å². The van der Waals surface area contributed by atoms with Gasteiger partial charge in [-0.3, -0.25) is 0 Å². The number of hydrogen-bond acceptors (Lipinski definition) is 4. The van der Waals surface area contributed by atoms with Gasteiger partial charge in [0.2, 0.25) is 0 Å². The highest BCUT2D eigenvalue weighted by atomic mass is 35.5. The van der Waals surface area contributed by atoms with Crippen molar-refractivity contribution in [1.82, 2.24) is 8.94 Å². The number of carboxylic acids is 1. The van der Waals surface area contributed by atoms with Gasteiger partial charge in [-0.15, -0.1) is 0 Å². The van der Waals surface area contributed by atoms with E-state index in [1.165, 1.54) is 11.5 Å². The summed E-state index contributed by atoms with van der Waals surface area (Å²) < 4.78 is 6.34. The van der Waals surface area contributed by atoms with Gasteiger partial charge < -0.3 is 9.67 Å². The van der Waals surface area contributed by atoms with Gasteiger partial charge in [0.25, 0.3) is 0 Å². The summed E-state index contributed by atoms with van der Waals surface area (Å²) in [5.41, 5.74) is 3.34. The van der Waals surface area contributed by atoms with Crippen LogP contribution in [-0.2, 0) is 0 Å². The molecule has 0 aliphatic carbocycles. The lowest BCUT2D eigenvalue weighted by atomic mass is 10.2. The highest BCUT2D eigenvalue weighted by molar-refractivity contribution is 7.99. The smallest absolute Gasteiger partial charge is 0.335 e. The minimum atomic E-state index is -0.928. The molecule has 2 aromatic heterocycles. The molecular weight excluding hydrogens is 388 g/mol. The van der Waals surface area contributed by atoms with Crippen LogP contribution in [0.2, 0.25) is 5.02 Å². The summed E-state index contributed by atoms with van der Waals surface area (Å²) in [6.07, 6.45) is 1.83. The highest BCUT2D eigenvalue weighted by Gasteiger charge is 2.18. The van der Waals surface area contributed by atoms with E-state index in [2.05, 4.69) is 15.9 Å². The first-order chi connectivity index (χ1) is 12.5. The van der Waals surface area contributed by atoms with E-state index in [0.717, 1.165) is 32.1 Å². The number of aromatic carboxylic acids is 1. The van der Waals surface area contributed by atoms with Crippen molar-refractivity contribution in [3.05, 3.63) is 70.3 Å². The van der Waals surface area contributed by atoms with E-state index >= 15 is 0 Å². The molecule has 0 amide bonds. The predicted molar refractivity (Wildman–Crippen MR) is 106 cm³/mol. The molecule has 4 rings (SSSR count). The van der Waals surface area contributed by atoms with E-state index in [4.69, 9.17) is 11.6 Å². The topological polar surface area (TPSA) is 55.1 Å². The average molecular weight is 401 g/mol. The van der Waals surface area contributed by atoms with Gasteiger partial charge in [0.05, 0.1) is 23.0 Å². The van der Waals surface area contributed by atoms with Crippen LogP contribution in [0, 0.1) is 6.92 Å². The van der Waals surface area contributed by atoms with E-state index in [9.17, 15) is 9.90 Å². The molecule has 0 saturated heterocycles. The Balaban J connectivity index is 1.89. The van der Waals surface area contributed by atoms with Crippen LogP contribution in [0.3, 0.4) is 0 Å². The van der Waals surface area contributed by atoms with Gasteiger partial charge in [0.15, 0.2) is 0 Å². The summed E-state index contributed by atoms with van der Waals surface area (Å²) in [6.45, 7) is 2.05. The van der Waals surface area contributed by atoms with Gasteiger partial charge in [-0.1, -0.05) is 35.5 Å². The van der Waals surface area contributed by atoms with Crippen LogP contribution in [-0.4, -0.2) is 20.0 Å². The zero-order chi connectivity index (χ0) is 18.3. The van der Waals surface area contributed by atoms with Crippen LogP contribution < -0.4 is 0 Å². The number of benzene rings is 2. The Bertz CT molecular complexity index is 1120. The second kappa shape index (κ2) is 6.79. The molecule has 0 radical (unpaired) electrons. The van der Waals surface area contributed by atoms with Crippen LogP contribution >= 0.6 is 34.9 Å².